The van der Waals surface area contributed by atoms with Gasteiger partial charge >= 0.3 is 0 Å². The monoisotopic (exact) mass is 452 g/mol. The lowest BCUT2D eigenvalue weighted by atomic mass is 10.0. The average Bonchev–Trinajstić information content (AvgIpc) is 3.49. The van der Waals surface area contributed by atoms with Gasteiger partial charge in [-0.25, -0.2) is 5.01 Å². The zero-order chi connectivity index (χ0) is 21.6. The first kappa shape index (κ1) is 21.5. The molecule has 2 aromatic carbocycles. The van der Waals surface area contributed by atoms with Crippen LogP contribution in [0.5, 0.6) is 11.5 Å². The molecule has 1 aliphatic rings. The third-order valence-electron chi connectivity index (χ3n) is 5.10. The van der Waals surface area contributed by atoms with Crippen LogP contribution in [0, 0.1) is 0 Å². The smallest absolute Gasteiger partial charge is 0.253 e. The van der Waals surface area contributed by atoms with Crippen molar-refractivity contribution < 1.29 is 14.3 Å². The normalized spacial score (nSPS) is 15.6. The molecule has 0 saturated heterocycles. The van der Waals surface area contributed by atoms with Gasteiger partial charge in [-0.15, -0.1) is 23.1 Å². The quantitative estimate of drug-likeness (QED) is 0.461. The molecule has 3 aromatic rings. The molecule has 0 saturated carbocycles. The van der Waals surface area contributed by atoms with Crippen molar-refractivity contribution >= 4 is 34.7 Å². The molecule has 1 atom stereocenters. The fourth-order valence-corrected chi connectivity index (χ4v) is 5.11. The molecule has 7 heteroatoms. The third-order valence-corrected chi connectivity index (χ3v) is 7.01. The van der Waals surface area contributed by atoms with Crippen molar-refractivity contribution in [2.75, 3.05) is 20.0 Å². The number of ether oxygens (including phenoxy) is 2. The molecule has 160 valence electrons. The summed E-state index contributed by atoms with van der Waals surface area (Å²) >= 11 is 3.25. The lowest BCUT2D eigenvalue weighted by Crippen LogP contribution is -2.28. The Morgan fingerprint density at radius 2 is 1.90 bits per heavy atom. The largest absolute Gasteiger partial charge is 0.493 e. The Hall–Kier alpha value is -2.77. The molecule has 1 aliphatic heterocycles. The van der Waals surface area contributed by atoms with Crippen LogP contribution in [-0.2, 0) is 10.5 Å². The number of benzene rings is 2. The molecule has 1 amide bonds. The Morgan fingerprint density at radius 1 is 1.10 bits per heavy atom. The number of hydrogen-bond donors (Lipinski definition) is 0. The van der Waals surface area contributed by atoms with Crippen LogP contribution >= 0.6 is 23.1 Å². The van der Waals surface area contributed by atoms with E-state index in [9.17, 15) is 4.79 Å². The molecule has 1 aromatic heterocycles. The molecule has 0 radical (unpaired) electrons. The molecule has 0 aliphatic carbocycles. The second-order valence-electron chi connectivity index (χ2n) is 7.08. The SMILES string of the molecule is COc1ccc(C2CC(c3cccs3)=NN2C(=O)CSCc2ccccc2)cc1OC. The van der Waals surface area contributed by atoms with Gasteiger partial charge in [0.25, 0.3) is 5.91 Å². The number of carbonyl (C=O) groups is 1. The number of carbonyl (C=O) groups excluding carboxylic acids is 1. The number of hydrogen-bond acceptors (Lipinski definition) is 6. The van der Waals surface area contributed by atoms with Gasteiger partial charge in [0.2, 0.25) is 0 Å². The van der Waals surface area contributed by atoms with Gasteiger partial charge in [0.15, 0.2) is 11.5 Å². The van der Waals surface area contributed by atoms with Gasteiger partial charge in [-0.3, -0.25) is 4.79 Å². The second-order valence-corrected chi connectivity index (χ2v) is 9.01. The number of hydrazone groups is 1. The zero-order valence-corrected chi connectivity index (χ0v) is 19.1. The Kier molecular flexibility index (Phi) is 6.94. The van der Waals surface area contributed by atoms with E-state index in [4.69, 9.17) is 14.6 Å². The fourth-order valence-electron chi connectivity index (χ4n) is 3.55. The predicted octanol–water partition coefficient (Wildman–Crippen LogP) is 5.38. The number of rotatable bonds is 8. The second kappa shape index (κ2) is 10.0. The van der Waals surface area contributed by atoms with Crippen LogP contribution < -0.4 is 9.47 Å². The molecular formula is C24H24N2O3S2. The summed E-state index contributed by atoms with van der Waals surface area (Å²) < 4.78 is 10.8. The summed E-state index contributed by atoms with van der Waals surface area (Å²) in [7, 11) is 3.23. The summed E-state index contributed by atoms with van der Waals surface area (Å²) in [6.07, 6.45) is 0.672. The summed E-state index contributed by atoms with van der Waals surface area (Å²) in [4.78, 5) is 14.3. The molecule has 0 N–H and O–H groups in total. The maximum Gasteiger partial charge on any atom is 0.253 e. The highest BCUT2D eigenvalue weighted by Gasteiger charge is 2.33. The van der Waals surface area contributed by atoms with E-state index in [0.29, 0.717) is 23.7 Å². The molecule has 2 heterocycles. The minimum absolute atomic E-state index is 0.00673. The van der Waals surface area contributed by atoms with Gasteiger partial charge in [0.05, 0.1) is 36.6 Å². The van der Waals surface area contributed by atoms with E-state index < -0.39 is 0 Å². The fraction of sp³-hybridized carbons (Fsp3) is 0.250. The van der Waals surface area contributed by atoms with Crippen LogP contribution in [0.15, 0.2) is 71.1 Å². The average molecular weight is 453 g/mol. The lowest BCUT2D eigenvalue weighted by molar-refractivity contribution is -0.130. The number of methoxy groups -OCH3 is 2. The van der Waals surface area contributed by atoms with Gasteiger partial charge < -0.3 is 9.47 Å². The van der Waals surface area contributed by atoms with Gasteiger partial charge in [-0.05, 0) is 34.7 Å². The molecule has 1 unspecified atom stereocenters. The zero-order valence-electron chi connectivity index (χ0n) is 17.5. The van der Waals surface area contributed by atoms with Crippen molar-refractivity contribution in [1.82, 2.24) is 5.01 Å². The van der Waals surface area contributed by atoms with Crippen LogP contribution in [-0.4, -0.2) is 36.6 Å². The standard InChI is InChI=1S/C24H24N2O3S2/c1-28-21-11-10-18(13-22(21)29-2)20-14-19(23-9-6-12-31-23)25-26(20)24(27)16-30-15-17-7-4-3-5-8-17/h3-13,20H,14-16H2,1-2H3. The van der Waals surface area contributed by atoms with E-state index >= 15 is 0 Å². The Morgan fingerprint density at radius 3 is 2.61 bits per heavy atom. The van der Waals surface area contributed by atoms with E-state index in [-0.39, 0.29) is 11.9 Å². The summed E-state index contributed by atoms with van der Waals surface area (Å²) in [6.45, 7) is 0. The van der Waals surface area contributed by atoms with Gasteiger partial charge in [-0.1, -0.05) is 42.5 Å². The number of nitrogens with zero attached hydrogens (tertiary/aromatic N) is 2. The summed E-state index contributed by atoms with van der Waals surface area (Å²) in [5.41, 5.74) is 3.13. The lowest BCUT2D eigenvalue weighted by Gasteiger charge is -2.23. The number of thioether (sulfide) groups is 1. The first-order chi connectivity index (χ1) is 15.2. The van der Waals surface area contributed by atoms with Gasteiger partial charge in [-0.2, -0.15) is 5.10 Å². The van der Waals surface area contributed by atoms with Gasteiger partial charge in [0.1, 0.15) is 0 Å². The van der Waals surface area contributed by atoms with Gasteiger partial charge in [0, 0.05) is 12.2 Å². The van der Waals surface area contributed by atoms with Crippen LogP contribution in [0.3, 0.4) is 0 Å². The highest BCUT2D eigenvalue weighted by molar-refractivity contribution is 7.99. The minimum Gasteiger partial charge on any atom is -0.493 e. The van der Waals surface area contributed by atoms with Crippen molar-refractivity contribution in [3.63, 3.8) is 0 Å². The summed E-state index contributed by atoms with van der Waals surface area (Å²) in [6, 6.07) is 19.9. The molecule has 0 spiro atoms. The Balaban J connectivity index is 1.54. The number of amides is 1. The van der Waals surface area contributed by atoms with Crippen LogP contribution in [0.4, 0.5) is 0 Å². The van der Waals surface area contributed by atoms with E-state index in [2.05, 4.69) is 12.1 Å². The highest BCUT2D eigenvalue weighted by atomic mass is 32.2. The first-order valence-electron chi connectivity index (χ1n) is 9.96. The Bertz CT molecular complexity index is 1050. The molecule has 0 bridgehead atoms. The van der Waals surface area contributed by atoms with Crippen molar-refractivity contribution in [1.29, 1.82) is 0 Å². The Labute approximate surface area is 190 Å². The number of thiophene rings is 1. The van der Waals surface area contributed by atoms with Crippen LogP contribution in [0.1, 0.15) is 28.5 Å². The molecule has 5 nitrogen and oxygen atoms in total. The maximum atomic E-state index is 13.2. The summed E-state index contributed by atoms with van der Waals surface area (Å²) in [5.74, 6) is 2.49. The molecule has 0 fully saturated rings. The first-order valence-corrected chi connectivity index (χ1v) is 12.0. The van der Waals surface area contributed by atoms with E-state index in [0.717, 1.165) is 21.9 Å². The summed E-state index contributed by atoms with van der Waals surface area (Å²) in [5, 5.41) is 8.42. The topological polar surface area (TPSA) is 51.1 Å². The van der Waals surface area contributed by atoms with E-state index in [1.165, 1.54) is 5.56 Å². The van der Waals surface area contributed by atoms with Crippen molar-refractivity contribution in [2.24, 2.45) is 5.10 Å². The molecule has 4 rings (SSSR count). The van der Waals surface area contributed by atoms with E-state index in [1.54, 1.807) is 42.3 Å². The van der Waals surface area contributed by atoms with Crippen LogP contribution in [0.2, 0.25) is 0 Å². The third kappa shape index (κ3) is 4.94. The molecular weight excluding hydrogens is 428 g/mol. The van der Waals surface area contributed by atoms with Crippen molar-refractivity contribution in [2.45, 2.75) is 18.2 Å². The van der Waals surface area contributed by atoms with E-state index in [1.807, 2.05) is 53.9 Å². The predicted molar refractivity (Wildman–Crippen MR) is 127 cm³/mol. The van der Waals surface area contributed by atoms with Crippen molar-refractivity contribution in [3.8, 4) is 11.5 Å². The van der Waals surface area contributed by atoms with Crippen LogP contribution in [0.25, 0.3) is 0 Å². The maximum absolute atomic E-state index is 13.2. The highest BCUT2D eigenvalue weighted by Crippen LogP contribution is 2.38. The van der Waals surface area contributed by atoms with Crippen molar-refractivity contribution in [3.05, 3.63) is 82.0 Å². The minimum atomic E-state index is -0.165. The molecule has 31 heavy (non-hydrogen) atoms.